The van der Waals surface area contributed by atoms with Crippen molar-refractivity contribution in [3.63, 3.8) is 0 Å². The summed E-state index contributed by atoms with van der Waals surface area (Å²) in [6, 6.07) is 5.45. The molecule has 2 saturated heterocycles. The van der Waals surface area contributed by atoms with Crippen LogP contribution in [0.2, 0.25) is 0 Å². The van der Waals surface area contributed by atoms with Crippen molar-refractivity contribution in [2.45, 2.75) is 58.1 Å². The lowest BCUT2D eigenvalue weighted by Gasteiger charge is -2.37. The molecule has 2 aliphatic heterocycles. The fourth-order valence-corrected chi connectivity index (χ4v) is 3.97. The zero-order chi connectivity index (χ0) is 19.6. The van der Waals surface area contributed by atoms with Gasteiger partial charge < -0.3 is 14.5 Å². The number of esters is 1. The summed E-state index contributed by atoms with van der Waals surface area (Å²) in [7, 11) is 0. The number of anilines is 1. The number of piperidine rings is 1. The Balaban J connectivity index is 1.72. The largest absolute Gasteiger partial charge is 0.456 e. The Labute approximate surface area is 160 Å². The van der Waals surface area contributed by atoms with Gasteiger partial charge in [0.05, 0.1) is 4.92 Å². The summed E-state index contributed by atoms with van der Waals surface area (Å²) in [6.45, 7) is 9.39. The van der Waals surface area contributed by atoms with E-state index in [0.717, 1.165) is 31.6 Å². The van der Waals surface area contributed by atoms with Crippen LogP contribution in [-0.4, -0.2) is 53.6 Å². The molecule has 1 aromatic rings. The summed E-state index contributed by atoms with van der Waals surface area (Å²) in [5, 5.41) is 11.5. The molecule has 2 fully saturated rings. The monoisotopic (exact) mass is 375 g/mol. The average Bonchev–Trinajstić information content (AvgIpc) is 3.14. The van der Waals surface area contributed by atoms with E-state index in [4.69, 9.17) is 4.74 Å². The average molecular weight is 375 g/mol. The van der Waals surface area contributed by atoms with E-state index in [1.165, 1.54) is 38.1 Å². The predicted molar refractivity (Wildman–Crippen MR) is 104 cm³/mol. The standard InChI is InChI=1S/C20H29N3O4/c1-20(2,3)27-19(24)17-7-6-16(14-18(17)23(25)26)22-12-8-15(9-13-22)21-10-4-5-11-21/h6-7,14-15H,4-5,8-13H2,1-3H3. The third kappa shape index (κ3) is 4.77. The third-order valence-corrected chi connectivity index (χ3v) is 5.28. The van der Waals surface area contributed by atoms with Gasteiger partial charge in [0.1, 0.15) is 11.2 Å². The van der Waals surface area contributed by atoms with E-state index in [1.807, 2.05) is 0 Å². The molecule has 0 atom stereocenters. The van der Waals surface area contributed by atoms with Gasteiger partial charge in [0.25, 0.3) is 5.69 Å². The molecule has 0 aliphatic carbocycles. The second-order valence-electron chi connectivity index (χ2n) is 8.42. The van der Waals surface area contributed by atoms with Gasteiger partial charge in [-0.2, -0.15) is 0 Å². The van der Waals surface area contributed by atoms with Crippen LogP contribution in [0.4, 0.5) is 11.4 Å². The van der Waals surface area contributed by atoms with Crippen LogP contribution >= 0.6 is 0 Å². The van der Waals surface area contributed by atoms with E-state index in [1.54, 1.807) is 26.8 Å². The molecule has 148 valence electrons. The lowest BCUT2D eigenvalue weighted by Crippen LogP contribution is -2.43. The molecular weight excluding hydrogens is 346 g/mol. The van der Waals surface area contributed by atoms with Crippen molar-refractivity contribution < 1.29 is 14.5 Å². The topological polar surface area (TPSA) is 75.9 Å². The Hall–Kier alpha value is -2.15. The van der Waals surface area contributed by atoms with Crippen molar-refractivity contribution in [2.24, 2.45) is 0 Å². The number of carbonyl (C=O) groups is 1. The molecule has 0 amide bonds. The number of hydrogen-bond donors (Lipinski definition) is 0. The van der Waals surface area contributed by atoms with Crippen molar-refractivity contribution >= 4 is 17.3 Å². The Morgan fingerprint density at radius 2 is 1.78 bits per heavy atom. The second-order valence-corrected chi connectivity index (χ2v) is 8.42. The Kier molecular flexibility index (Phi) is 5.69. The number of nitrogens with zero attached hydrogens (tertiary/aromatic N) is 3. The molecular formula is C20H29N3O4. The summed E-state index contributed by atoms with van der Waals surface area (Å²) in [6.07, 6.45) is 4.72. The van der Waals surface area contributed by atoms with Crippen LogP contribution in [-0.2, 0) is 4.74 Å². The number of likely N-dealkylation sites (tertiary alicyclic amines) is 1. The molecule has 7 heteroatoms. The summed E-state index contributed by atoms with van der Waals surface area (Å²) < 4.78 is 5.31. The SMILES string of the molecule is CC(C)(C)OC(=O)c1ccc(N2CCC(N3CCCC3)CC2)cc1[N+](=O)[O-]. The van der Waals surface area contributed by atoms with Crippen LogP contribution < -0.4 is 4.90 Å². The highest BCUT2D eigenvalue weighted by molar-refractivity contribution is 5.95. The molecule has 0 aromatic heterocycles. The minimum absolute atomic E-state index is 0.00521. The first-order valence-corrected chi connectivity index (χ1v) is 9.75. The highest BCUT2D eigenvalue weighted by atomic mass is 16.6. The van der Waals surface area contributed by atoms with E-state index in [9.17, 15) is 14.9 Å². The van der Waals surface area contributed by atoms with Crippen LogP contribution in [0.3, 0.4) is 0 Å². The number of benzene rings is 1. The molecule has 7 nitrogen and oxygen atoms in total. The zero-order valence-corrected chi connectivity index (χ0v) is 16.4. The number of ether oxygens (including phenoxy) is 1. The molecule has 0 bridgehead atoms. The molecule has 27 heavy (non-hydrogen) atoms. The van der Waals surface area contributed by atoms with Gasteiger partial charge in [-0.25, -0.2) is 4.79 Å². The maximum absolute atomic E-state index is 12.3. The molecule has 0 N–H and O–H groups in total. The molecule has 0 unspecified atom stereocenters. The van der Waals surface area contributed by atoms with Crippen molar-refractivity contribution in [3.8, 4) is 0 Å². The minimum Gasteiger partial charge on any atom is -0.456 e. The van der Waals surface area contributed by atoms with E-state index < -0.39 is 16.5 Å². The normalized spacial score (nSPS) is 19.3. The number of rotatable bonds is 4. The van der Waals surface area contributed by atoms with E-state index in [0.29, 0.717) is 6.04 Å². The van der Waals surface area contributed by atoms with Gasteiger partial charge in [-0.1, -0.05) is 0 Å². The van der Waals surface area contributed by atoms with Crippen molar-refractivity contribution in [2.75, 3.05) is 31.1 Å². The molecule has 0 spiro atoms. The molecule has 1 aromatic carbocycles. The number of nitro benzene ring substituents is 1. The van der Waals surface area contributed by atoms with Crippen LogP contribution in [0.15, 0.2) is 18.2 Å². The summed E-state index contributed by atoms with van der Waals surface area (Å²) in [4.78, 5) is 28.1. The summed E-state index contributed by atoms with van der Waals surface area (Å²) in [5.74, 6) is -0.659. The molecule has 2 heterocycles. The van der Waals surface area contributed by atoms with Crippen LogP contribution in [0, 0.1) is 10.1 Å². The fraction of sp³-hybridized carbons (Fsp3) is 0.650. The van der Waals surface area contributed by atoms with Crippen molar-refractivity contribution in [1.82, 2.24) is 4.90 Å². The van der Waals surface area contributed by atoms with Gasteiger partial charge in [0, 0.05) is 30.9 Å². The Bertz CT molecular complexity index is 700. The number of hydrogen-bond acceptors (Lipinski definition) is 6. The van der Waals surface area contributed by atoms with Gasteiger partial charge in [0.15, 0.2) is 0 Å². The first-order chi connectivity index (χ1) is 12.7. The number of nitro groups is 1. The van der Waals surface area contributed by atoms with Crippen LogP contribution in [0.1, 0.15) is 56.8 Å². The van der Waals surface area contributed by atoms with Gasteiger partial charge >= 0.3 is 5.97 Å². The van der Waals surface area contributed by atoms with Crippen molar-refractivity contribution in [3.05, 3.63) is 33.9 Å². The van der Waals surface area contributed by atoms with Crippen LogP contribution in [0.5, 0.6) is 0 Å². The quantitative estimate of drug-likeness (QED) is 0.454. The number of carbonyl (C=O) groups excluding carboxylic acids is 1. The van der Waals surface area contributed by atoms with Gasteiger partial charge in [0.2, 0.25) is 0 Å². The van der Waals surface area contributed by atoms with Gasteiger partial charge in [-0.15, -0.1) is 0 Å². The first-order valence-electron chi connectivity index (χ1n) is 9.75. The summed E-state index contributed by atoms with van der Waals surface area (Å²) in [5.41, 5.74) is -0.0796. The third-order valence-electron chi connectivity index (χ3n) is 5.28. The molecule has 0 saturated carbocycles. The first kappa shape index (κ1) is 19.6. The summed E-state index contributed by atoms with van der Waals surface area (Å²) >= 11 is 0. The minimum atomic E-state index is -0.693. The predicted octanol–water partition coefficient (Wildman–Crippen LogP) is 3.61. The molecule has 0 radical (unpaired) electrons. The van der Waals surface area contributed by atoms with E-state index >= 15 is 0 Å². The lowest BCUT2D eigenvalue weighted by molar-refractivity contribution is -0.385. The fourth-order valence-electron chi connectivity index (χ4n) is 3.97. The highest BCUT2D eigenvalue weighted by Crippen LogP contribution is 2.30. The maximum Gasteiger partial charge on any atom is 0.345 e. The van der Waals surface area contributed by atoms with E-state index in [2.05, 4.69) is 9.80 Å². The Morgan fingerprint density at radius 3 is 2.33 bits per heavy atom. The zero-order valence-electron chi connectivity index (χ0n) is 16.4. The molecule has 2 aliphatic rings. The van der Waals surface area contributed by atoms with Gasteiger partial charge in [-0.05, 0) is 71.7 Å². The van der Waals surface area contributed by atoms with Gasteiger partial charge in [-0.3, -0.25) is 10.1 Å². The van der Waals surface area contributed by atoms with Crippen molar-refractivity contribution in [1.29, 1.82) is 0 Å². The van der Waals surface area contributed by atoms with Crippen LogP contribution in [0.25, 0.3) is 0 Å². The van der Waals surface area contributed by atoms with E-state index in [-0.39, 0.29) is 11.3 Å². The molecule has 3 rings (SSSR count). The highest BCUT2D eigenvalue weighted by Gasteiger charge is 2.29. The Morgan fingerprint density at radius 1 is 1.15 bits per heavy atom. The lowest BCUT2D eigenvalue weighted by atomic mass is 10.0. The maximum atomic E-state index is 12.3. The second kappa shape index (κ2) is 7.84. The smallest absolute Gasteiger partial charge is 0.345 e.